The molecular weight excluding hydrogens is 419 g/mol. The predicted octanol–water partition coefficient (Wildman–Crippen LogP) is 1.48. The first-order valence-corrected chi connectivity index (χ1v) is 9.36. The van der Waals surface area contributed by atoms with Crippen molar-refractivity contribution < 1.29 is 32.6 Å². The van der Waals surface area contributed by atoms with Gasteiger partial charge in [0.05, 0.1) is 6.54 Å². The van der Waals surface area contributed by atoms with Crippen LogP contribution in [0, 0.1) is 0 Å². The third kappa shape index (κ3) is 4.54. The first kappa shape index (κ1) is 20.9. The molecule has 0 radical (unpaired) electrons. The number of aliphatic carboxylic acids is 1. The summed E-state index contributed by atoms with van der Waals surface area (Å²) in [4.78, 5) is 32.6. The summed E-state index contributed by atoms with van der Waals surface area (Å²) in [5.41, 5.74) is 3.36. The van der Waals surface area contributed by atoms with Crippen LogP contribution in [0.1, 0.15) is 5.56 Å². The van der Waals surface area contributed by atoms with Crippen LogP contribution in [0.4, 0.5) is 13.2 Å². The molecule has 1 saturated heterocycles. The molecule has 9 nitrogen and oxygen atoms in total. The molecule has 0 unspecified atom stereocenters. The van der Waals surface area contributed by atoms with Crippen LogP contribution in [-0.2, 0) is 14.3 Å². The van der Waals surface area contributed by atoms with Gasteiger partial charge in [0, 0.05) is 49.5 Å². The second kappa shape index (κ2) is 8.04. The number of halogens is 3. The summed E-state index contributed by atoms with van der Waals surface area (Å²) < 4.78 is 43.1. The van der Waals surface area contributed by atoms with E-state index in [0.29, 0.717) is 11.2 Å². The van der Waals surface area contributed by atoms with Crippen LogP contribution in [0.2, 0.25) is 0 Å². The molecule has 31 heavy (non-hydrogen) atoms. The van der Waals surface area contributed by atoms with Crippen molar-refractivity contribution in [2.24, 2.45) is 0 Å². The van der Waals surface area contributed by atoms with Crippen molar-refractivity contribution in [3.8, 4) is 0 Å². The number of hydrogen-bond acceptors (Lipinski definition) is 7. The fourth-order valence-electron chi connectivity index (χ4n) is 3.45. The van der Waals surface area contributed by atoms with E-state index in [1.807, 2.05) is 0 Å². The minimum Gasteiger partial charge on any atom is -0.477 e. The van der Waals surface area contributed by atoms with Gasteiger partial charge in [-0.25, -0.2) is 14.8 Å². The maximum atomic E-state index is 12.6. The number of carbonyl (C=O) groups is 2. The third-order valence-electron chi connectivity index (χ3n) is 4.91. The second-order valence-corrected chi connectivity index (χ2v) is 7.08. The molecule has 0 aromatic carbocycles. The van der Waals surface area contributed by atoms with Crippen LogP contribution in [0.5, 0.6) is 0 Å². The highest BCUT2D eigenvalue weighted by Crippen LogP contribution is 2.28. The lowest BCUT2D eigenvalue weighted by molar-refractivity contribution is -0.150. The standard InChI is InChI=1S/C19H18F3N5O4/c20-19(21,22)10-26-4-6-27(7-5-26)25-17-14(18(29)30)15(28)13(31-17)8-11-9-24-16-12(11)2-1-3-23-16/h1-3,8-9,25H,4-7,10H2,(H,23,24)(H,29,30)/b13-8-. The number of pyridine rings is 1. The van der Waals surface area contributed by atoms with Crippen molar-refractivity contribution in [3.05, 3.63) is 47.3 Å². The van der Waals surface area contributed by atoms with Gasteiger partial charge in [0.15, 0.2) is 11.3 Å². The van der Waals surface area contributed by atoms with Gasteiger partial charge < -0.3 is 14.8 Å². The Morgan fingerprint density at radius 2 is 2.06 bits per heavy atom. The van der Waals surface area contributed by atoms with E-state index in [1.165, 1.54) is 16.0 Å². The van der Waals surface area contributed by atoms with Gasteiger partial charge in [0.25, 0.3) is 0 Å². The molecular formula is C19H18F3N5O4. The summed E-state index contributed by atoms with van der Waals surface area (Å²) in [5.74, 6) is -2.71. The molecule has 1 fully saturated rings. The molecule has 2 aromatic rings. The fraction of sp³-hybridized carbons (Fsp3) is 0.316. The SMILES string of the molecule is O=C(O)C1=C(NN2CCN(CC(F)(F)F)CC2)O/C(=C\c2c[nH]c3ncccc23)C1=O. The number of H-pyrrole nitrogens is 1. The first-order chi connectivity index (χ1) is 14.7. The zero-order chi connectivity index (χ0) is 22.2. The summed E-state index contributed by atoms with van der Waals surface area (Å²) in [6.07, 6.45) is 0.357. The zero-order valence-corrected chi connectivity index (χ0v) is 16.1. The van der Waals surface area contributed by atoms with Crippen LogP contribution in [-0.4, -0.2) is 75.6 Å². The first-order valence-electron chi connectivity index (χ1n) is 9.36. The van der Waals surface area contributed by atoms with Crippen LogP contribution in [0.15, 0.2) is 41.7 Å². The number of fused-ring (bicyclic) bond motifs is 1. The number of allylic oxidation sites excluding steroid dienone is 1. The number of carbonyl (C=O) groups excluding carboxylic acids is 1. The van der Waals surface area contributed by atoms with Gasteiger partial charge in [-0.2, -0.15) is 13.2 Å². The number of carboxylic acids is 1. The van der Waals surface area contributed by atoms with Crippen molar-refractivity contribution in [1.29, 1.82) is 0 Å². The molecule has 4 rings (SSSR count). The Hall–Kier alpha value is -3.38. The Morgan fingerprint density at radius 3 is 2.74 bits per heavy atom. The van der Waals surface area contributed by atoms with E-state index in [1.54, 1.807) is 24.5 Å². The van der Waals surface area contributed by atoms with Gasteiger partial charge >= 0.3 is 12.1 Å². The lowest BCUT2D eigenvalue weighted by Gasteiger charge is -2.35. The predicted molar refractivity (Wildman–Crippen MR) is 102 cm³/mol. The number of Topliss-reactive ketones (excluding diaryl/α,β-unsaturated/α-hetero) is 1. The van der Waals surface area contributed by atoms with E-state index in [0.717, 1.165) is 5.39 Å². The molecule has 2 aliphatic rings. The van der Waals surface area contributed by atoms with Crippen LogP contribution >= 0.6 is 0 Å². The van der Waals surface area contributed by atoms with Gasteiger partial charge in [0.1, 0.15) is 5.65 Å². The maximum absolute atomic E-state index is 12.6. The molecule has 2 aromatic heterocycles. The summed E-state index contributed by atoms with van der Waals surface area (Å²) in [5, 5.41) is 11.7. The molecule has 0 spiro atoms. The average molecular weight is 437 g/mol. The number of rotatable bonds is 5. The Kier molecular flexibility index (Phi) is 5.41. The number of ketones is 1. The summed E-state index contributed by atoms with van der Waals surface area (Å²) in [6, 6.07) is 3.51. The number of alkyl halides is 3. The number of aromatic nitrogens is 2. The maximum Gasteiger partial charge on any atom is 0.401 e. The lowest BCUT2D eigenvalue weighted by atomic mass is 10.1. The third-order valence-corrected chi connectivity index (χ3v) is 4.91. The van der Waals surface area contributed by atoms with Crippen LogP contribution in [0.25, 0.3) is 17.1 Å². The number of nitrogens with zero attached hydrogens (tertiary/aromatic N) is 3. The highest BCUT2D eigenvalue weighted by Gasteiger charge is 2.37. The topological polar surface area (TPSA) is 111 Å². The van der Waals surface area contributed by atoms with Gasteiger partial charge in [-0.15, -0.1) is 0 Å². The number of hydrazine groups is 1. The van der Waals surface area contributed by atoms with E-state index in [-0.39, 0.29) is 37.8 Å². The molecule has 164 valence electrons. The molecule has 0 amide bonds. The van der Waals surface area contributed by atoms with Gasteiger partial charge in [-0.1, -0.05) is 0 Å². The molecule has 2 aliphatic heterocycles. The summed E-state index contributed by atoms with van der Waals surface area (Å²) in [6.45, 7) is -0.373. The van der Waals surface area contributed by atoms with E-state index >= 15 is 0 Å². The summed E-state index contributed by atoms with van der Waals surface area (Å²) >= 11 is 0. The second-order valence-electron chi connectivity index (χ2n) is 7.08. The van der Waals surface area contributed by atoms with Crippen molar-refractivity contribution in [1.82, 2.24) is 25.3 Å². The number of hydrogen-bond donors (Lipinski definition) is 3. The zero-order valence-electron chi connectivity index (χ0n) is 16.1. The van der Waals surface area contributed by atoms with E-state index < -0.39 is 30.0 Å². The molecule has 0 atom stereocenters. The highest BCUT2D eigenvalue weighted by molar-refractivity contribution is 6.26. The largest absolute Gasteiger partial charge is 0.477 e. The smallest absolute Gasteiger partial charge is 0.401 e. The fourth-order valence-corrected chi connectivity index (χ4v) is 3.45. The number of aromatic amines is 1. The highest BCUT2D eigenvalue weighted by atomic mass is 19.4. The quantitative estimate of drug-likeness (QED) is 0.477. The molecule has 0 saturated carbocycles. The van der Waals surface area contributed by atoms with Gasteiger partial charge in [-0.05, 0) is 18.2 Å². The lowest BCUT2D eigenvalue weighted by Crippen LogP contribution is -2.53. The molecule has 4 heterocycles. The van der Waals surface area contributed by atoms with Crippen molar-refractivity contribution in [2.45, 2.75) is 6.18 Å². The number of piperazine rings is 1. The Balaban J connectivity index is 1.49. The molecule has 12 heteroatoms. The normalized spacial score (nSPS) is 20.0. The number of nitrogens with one attached hydrogen (secondary N) is 2. The Bertz CT molecular complexity index is 1080. The van der Waals surface area contributed by atoms with Crippen molar-refractivity contribution in [3.63, 3.8) is 0 Å². The average Bonchev–Trinajstić information content (AvgIpc) is 3.24. The molecule has 0 aliphatic carbocycles. The van der Waals surface area contributed by atoms with Gasteiger partial charge in [-0.3, -0.25) is 15.1 Å². The summed E-state index contributed by atoms with van der Waals surface area (Å²) in [7, 11) is 0. The molecule has 3 N–H and O–H groups in total. The van der Waals surface area contributed by atoms with E-state index in [4.69, 9.17) is 4.74 Å². The van der Waals surface area contributed by atoms with Crippen LogP contribution in [0.3, 0.4) is 0 Å². The Morgan fingerprint density at radius 1 is 1.32 bits per heavy atom. The minimum absolute atomic E-state index is 0.126. The number of carboxylic acid groups (broad SMARTS) is 1. The monoisotopic (exact) mass is 437 g/mol. The van der Waals surface area contributed by atoms with E-state index in [2.05, 4.69) is 15.4 Å². The van der Waals surface area contributed by atoms with Crippen molar-refractivity contribution in [2.75, 3.05) is 32.7 Å². The molecule has 0 bridgehead atoms. The van der Waals surface area contributed by atoms with Crippen molar-refractivity contribution >= 4 is 28.9 Å². The van der Waals surface area contributed by atoms with E-state index in [9.17, 15) is 27.9 Å². The van der Waals surface area contributed by atoms with Gasteiger partial charge in [0.2, 0.25) is 11.7 Å². The Labute approximate surface area is 173 Å². The number of ether oxygens (including phenoxy) is 1. The minimum atomic E-state index is -4.28. The van der Waals surface area contributed by atoms with Crippen LogP contribution < -0.4 is 5.43 Å².